The Morgan fingerprint density at radius 2 is 0.692 bits per heavy atom. The van der Waals surface area contributed by atoms with Gasteiger partial charge in [-0.3, -0.25) is 0 Å². The lowest BCUT2D eigenvalue weighted by atomic mass is 9.96. The Labute approximate surface area is 342 Å². The van der Waals surface area contributed by atoms with Gasteiger partial charge < -0.3 is 10.6 Å². The van der Waals surface area contributed by atoms with Gasteiger partial charge in [-0.15, -0.1) is 0 Å². The number of hydrogen-bond donors (Lipinski definition) is 2. The van der Waals surface area contributed by atoms with Crippen molar-refractivity contribution in [2.45, 2.75) is 37.8 Å². The van der Waals surface area contributed by atoms with Gasteiger partial charge in [0.2, 0.25) is 0 Å². The average Bonchev–Trinajstić information content (AvgIpc) is 3.16. The fraction of sp³-hybridized carbons (Fsp3) is 0.143. The van der Waals surface area contributed by atoms with Gasteiger partial charge in [-0.1, -0.05) is 145 Å². The molecule has 6 aromatic rings. The summed E-state index contributed by atoms with van der Waals surface area (Å²) >= 11 is 39.1. The van der Waals surface area contributed by atoms with Crippen LogP contribution in [0.4, 0.5) is 22.7 Å². The summed E-state index contributed by atoms with van der Waals surface area (Å²) < 4.78 is 0. The van der Waals surface area contributed by atoms with Gasteiger partial charge in [0.25, 0.3) is 0 Å². The first-order valence-corrected chi connectivity index (χ1v) is 21.9. The molecule has 0 aliphatic heterocycles. The van der Waals surface area contributed by atoms with Crippen molar-refractivity contribution >= 4 is 113 Å². The molecule has 0 bridgehead atoms. The molecule has 2 nitrogen and oxygen atoms in total. The first-order valence-electron chi connectivity index (χ1n) is 17.3. The molecule has 6 aromatic carbocycles. The molecule has 0 saturated carbocycles. The van der Waals surface area contributed by atoms with Crippen LogP contribution in [0.5, 0.6) is 0 Å². The normalized spacial score (nSPS) is 12.5. The molecule has 6 rings (SSSR count). The fourth-order valence-corrected chi connectivity index (χ4v) is 9.52. The molecule has 2 unspecified atom stereocenters. The lowest BCUT2D eigenvalue weighted by molar-refractivity contribution is 0.884. The summed E-state index contributed by atoms with van der Waals surface area (Å²) in [5.41, 5.74) is 13.4. The predicted octanol–water partition coefficient (Wildman–Crippen LogP) is 13.7. The van der Waals surface area contributed by atoms with Crippen LogP contribution in [0.2, 0.25) is 30.1 Å². The maximum Gasteiger partial charge on any atom is 0.0781 e. The molecule has 0 fully saturated rings. The first kappa shape index (κ1) is 38.8. The van der Waals surface area contributed by atoms with E-state index < -0.39 is 0 Å². The summed E-state index contributed by atoms with van der Waals surface area (Å²) in [5.74, 6) is 0. The highest BCUT2D eigenvalue weighted by molar-refractivity contribution is 6.49. The summed E-state index contributed by atoms with van der Waals surface area (Å²) in [6, 6.07) is 37.5. The fourth-order valence-electron chi connectivity index (χ4n) is 6.36. The summed E-state index contributed by atoms with van der Waals surface area (Å²) in [5, 5.41) is 9.96. The quantitative estimate of drug-likeness (QED) is 0.100. The molecule has 266 valence electrons. The van der Waals surface area contributed by atoms with E-state index in [-0.39, 0.29) is 0 Å². The van der Waals surface area contributed by atoms with Crippen LogP contribution in [0.3, 0.4) is 0 Å². The third kappa shape index (κ3) is 8.41. The SMILES string of the molecule is CCC([SiH3])c1c(-c2ccc(Nc3ccc(-c4ccc(Nc5ccc(-c6cc(Cl)c(Cl)c(Cl)c6C([SiH3])CC)cc5)cc4)cc3)cc2)cc(Cl)c(Cl)c1Cl. The largest absolute Gasteiger partial charge is 0.356 e. The van der Waals surface area contributed by atoms with Crippen molar-refractivity contribution in [3.05, 3.63) is 150 Å². The number of rotatable bonds is 11. The average molecular weight is 840 g/mol. The zero-order valence-corrected chi connectivity index (χ0v) is 37.8. The molecule has 0 aliphatic rings. The zero-order chi connectivity index (χ0) is 37.1. The van der Waals surface area contributed by atoms with Crippen LogP contribution in [-0.4, -0.2) is 20.5 Å². The monoisotopic (exact) mass is 836 g/mol. The van der Waals surface area contributed by atoms with Gasteiger partial charge in [0.1, 0.15) is 0 Å². The van der Waals surface area contributed by atoms with Crippen molar-refractivity contribution in [3.63, 3.8) is 0 Å². The molecule has 0 radical (unpaired) electrons. The van der Waals surface area contributed by atoms with Crippen molar-refractivity contribution in [3.8, 4) is 33.4 Å². The Bertz CT molecular complexity index is 2030. The second-order valence-electron chi connectivity index (χ2n) is 13.1. The van der Waals surface area contributed by atoms with E-state index in [0.29, 0.717) is 41.2 Å². The molecule has 52 heavy (non-hydrogen) atoms. The van der Waals surface area contributed by atoms with Crippen molar-refractivity contribution in [1.29, 1.82) is 0 Å². The third-order valence-electron chi connectivity index (χ3n) is 9.68. The highest BCUT2D eigenvalue weighted by atomic mass is 35.5. The Kier molecular flexibility index (Phi) is 12.7. The van der Waals surface area contributed by atoms with Crippen LogP contribution >= 0.6 is 69.6 Å². The van der Waals surface area contributed by atoms with E-state index in [9.17, 15) is 0 Å². The smallest absolute Gasteiger partial charge is 0.0781 e. The maximum absolute atomic E-state index is 6.69. The van der Waals surface area contributed by atoms with Crippen LogP contribution in [0.25, 0.3) is 33.4 Å². The molecule has 10 heteroatoms. The Balaban J connectivity index is 1.11. The molecule has 0 aromatic heterocycles. The van der Waals surface area contributed by atoms with Crippen LogP contribution in [0.15, 0.2) is 109 Å². The van der Waals surface area contributed by atoms with Crippen molar-refractivity contribution in [1.82, 2.24) is 0 Å². The Hall–Kier alpha value is -2.91. The molecule has 0 spiro atoms. The topological polar surface area (TPSA) is 24.1 Å². The van der Waals surface area contributed by atoms with Crippen LogP contribution in [0, 0.1) is 0 Å². The van der Waals surface area contributed by atoms with Crippen molar-refractivity contribution in [2.24, 2.45) is 0 Å². The van der Waals surface area contributed by atoms with E-state index in [1.54, 1.807) is 0 Å². The van der Waals surface area contributed by atoms with Gasteiger partial charge in [-0.2, -0.15) is 0 Å². The van der Waals surface area contributed by atoms with Crippen LogP contribution < -0.4 is 10.6 Å². The van der Waals surface area contributed by atoms with Gasteiger partial charge in [0.15, 0.2) is 0 Å². The number of hydrogen-bond acceptors (Lipinski definition) is 2. The molecule has 0 saturated heterocycles. The highest BCUT2D eigenvalue weighted by Crippen LogP contribution is 2.45. The minimum atomic E-state index is 0.380. The van der Waals surface area contributed by atoms with Gasteiger partial charge in [-0.05, 0) is 116 Å². The minimum Gasteiger partial charge on any atom is -0.356 e. The third-order valence-corrected chi connectivity index (χ3v) is 15.0. The van der Waals surface area contributed by atoms with Gasteiger partial charge >= 0.3 is 0 Å². The van der Waals surface area contributed by atoms with Crippen molar-refractivity contribution in [2.75, 3.05) is 10.6 Å². The van der Waals surface area contributed by atoms with Gasteiger partial charge in [-0.25, -0.2) is 0 Å². The van der Waals surface area contributed by atoms with Crippen molar-refractivity contribution < 1.29 is 0 Å². The standard InChI is InChI=1S/C42H38Cl6N2Si2/c1-3-35(51)37-31(21-33(43)39(45)41(37)47)25-9-17-29(18-10-25)49-27-13-5-23(6-14-27)24-7-15-28(16-8-24)50-30-19-11-26(12-20-30)32-22-34(44)40(46)42(48)38(32)36(52)4-2/h5-22,35-36,49-50H,3-4H2,1-2,51-52H3. The lowest BCUT2D eigenvalue weighted by Crippen LogP contribution is -2.01. The van der Waals surface area contributed by atoms with E-state index in [2.05, 4.69) is 122 Å². The molecular weight excluding hydrogens is 801 g/mol. The lowest BCUT2D eigenvalue weighted by Gasteiger charge is -2.19. The number of anilines is 4. The van der Waals surface area contributed by atoms with Crippen LogP contribution in [-0.2, 0) is 0 Å². The Morgan fingerprint density at radius 3 is 0.962 bits per heavy atom. The summed E-state index contributed by atoms with van der Waals surface area (Å²) in [4.78, 5) is 0. The van der Waals surface area contributed by atoms with Gasteiger partial charge in [0.05, 0.1) is 30.1 Å². The van der Waals surface area contributed by atoms with E-state index >= 15 is 0 Å². The molecule has 2 atom stereocenters. The summed E-state index contributed by atoms with van der Waals surface area (Å²) in [6.07, 6.45) is 2.00. The summed E-state index contributed by atoms with van der Waals surface area (Å²) in [7, 11) is 1.94. The zero-order valence-electron chi connectivity index (χ0n) is 29.2. The molecule has 0 heterocycles. The first-order chi connectivity index (χ1) is 25.0. The van der Waals surface area contributed by atoms with E-state index in [0.717, 1.165) is 101 Å². The predicted molar refractivity (Wildman–Crippen MR) is 238 cm³/mol. The molecule has 2 N–H and O–H groups in total. The second-order valence-corrected chi connectivity index (χ2v) is 18.2. The number of benzene rings is 6. The van der Waals surface area contributed by atoms with E-state index in [1.165, 1.54) is 0 Å². The minimum absolute atomic E-state index is 0.380. The summed E-state index contributed by atoms with van der Waals surface area (Å²) in [6.45, 7) is 4.35. The van der Waals surface area contributed by atoms with Crippen LogP contribution in [0.1, 0.15) is 48.9 Å². The Morgan fingerprint density at radius 1 is 0.423 bits per heavy atom. The van der Waals surface area contributed by atoms with E-state index in [4.69, 9.17) is 69.6 Å². The number of nitrogens with one attached hydrogen (secondary N) is 2. The molecule has 0 amide bonds. The number of halogens is 6. The molecular formula is C42H38Cl6N2Si2. The molecule has 0 aliphatic carbocycles. The maximum atomic E-state index is 6.69. The van der Waals surface area contributed by atoms with E-state index in [1.807, 2.05) is 12.1 Å². The second kappa shape index (κ2) is 17.1. The van der Waals surface area contributed by atoms with Gasteiger partial charge in [0, 0.05) is 43.2 Å². The highest BCUT2D eigenvalue weighted by Gasteiger charge is 2.21.